The molecule has 1 aromatic carbocycles. The lowest BCUT2D eigenvalue weighted by molar-refractivity contribution is -0.149. The van der Waals surface area contributed by atoms with E-state index in [0.717, 1.165) is 12.8 Å². The first-order chi connectivity index (χ1) is 10.4. The van der Waals surface area contributed by atoms with Crippen LogP contribution in [-0.2, 0) is 14.8 Å². The summed E-state index contributed by atoms with van der Waals surface area (Å²) in [6.07, 6.45) is 4.07. The number of carbonyl (C=O) groups is 1. The molecule has 2 atom stereocenters. The molecule has 2 fully saturated rings. The van der Waals surface area contributed by atoms with E-state index in [1.165, 1.54) is 16.1 Å². The van der Waals surface area contributed by atoms with Crippen molar-refractivity contribution in [3.05, 3.63) is 24.3 Å². The summed E-state index contributed by atoms with van der Waals surface area (Å²) in [6, 6.07) is 6.89. The van der Waals surface area contributed by atoms with Crippen LogP contribution in [0.5, 0.6) is 0 Å². The van der Waals surface area contributed by atoms with Gasteiger partial charge in [-0.1, -0.05) is 18.6 Å². The van der Waals surface area contributed by atoms with Crippen molar-refractivity contribution in [1.82, 2.24) is 4.31 Å². The maximum Gasteiger partial charge on any atom is 0.311 e. The first kappa shape index (κ1) is 15.8. The zero-order chi connectivity index (χ0) is 16.0. The van der Waals surface area contributed by atoms with Gasteiger partial charge in [0.15, 0.2) is 0 Å². The largest absolute Gasteiger partial charge is 0.481 e. The molecule has 1 aliphatic carbocycles. The summed E-state index contributed by atoms with van der Waals surface area (Å²) < 4.78 is 27.2. The molecular formula is C15H19NO4S2. The number of thioether (sulfide) groups is 1. The number of fused-ring (bicyclic) bond motifs is 1. The zero-order valence-electron chi connectivity index (χ0n) is 12.4. The van der Waals surface area contributed by atoms with E-state index in [-0.39, 0.29) is 17.4 Å². The molecule has 0 aromatic heterocycles. The van der Waals surface area contributed by atoms with Crippen LogP contribution in [0.1, 0.15) is 19.3 Å². The molecule has 7 heteroatoms. The molecule has 1 aromatic rings. The summed E-state index contributed by atoms with van der Waals surface area (Å²) in [4.78, 5) is 12.7. The Kier molecular flexibility index (Phi) is 3.99. The van der Waals surface area contributed by atoms with Crippen LogP contribution in [0.15, 0.2) is 34.1 Å². The molecule has 22 heavy (non-hydrogen) atoms. The van der Waals surface area contributed by atoms with E-state index in [2.05, 4.69) is 0 Å². The SMILES string of the molecule is CSc1ccccc1S(=O)(=O)N1C[C@@H]2CCC[C@@]2(C(=O)O)C1. The van der Waals surface area contributed by atoms with Crippen LogP contribution >= 0.6 is 11.8 Å². The molecule has 0 bridgehead atoms. The monoisotopic (exact) mass is 341 g/mol. The van der Waals surface area contributed by atoms with Crippen molar-refractivity contribution < 1.29 is 18.3 Å². The predicted molar refractivity (Wildman–Crippen MR) is 84.4 cm³/mol. The highest BCUT2D eigenvalue weighted by atomic mass is 32.2. The lowest BCUT2D eigenvalue weighted by Gasteiger charge is -2.23. The molecule has 2 aliphatic rings. The Balaban J connectivity index is 1.97. The van der Waals surface area contributed by atoms with Crippen LogP contribution in [0.4, 0.5) is 0 Å². The van der Waals surface area contributed by atoms with Crippen LogP contribution in [0.25, 0.3) is 0 Å². The fraction of sp³-hybridized carbons (Fsp3) is 0.533. The third kappa shape index (κ3) is 2.26. The van der Waals surface area contributed by atoms with Crippen LogP contribution in [-0.4, -0.2) is 43.1 Å². The molecule has 0 radical (unpaired) electrons. The van der Waals surface area contributed by atoms with Gasteiger partial charge in [0.1, 0.15) is 0 Å². The number of benzene rings is 1. The van der Waals surface area contributed by atoms with Crippen LogP contribution < -0.4 is 0 Å². The number of hydrogen-bond acceptors (Lipinski definition) is 4. The van der Waals surface area contributed by atoms with Crippen molar-refractivity contribution >= 4 is 27.8 Å². The van der Waals surface area contributed by atoms with Gasteiger partial charge < -0.3 is 5.11 Å². The van der Waals surface area contributed by atoms with E-state index in [4.69, 9.17) is 0 Å². The van der Waals surface area contributed by atoms with Gasteiger partial charge in [-0.25, -0.2) is 8.42 Å². The summed E-state index contributed by atoms with van der Waals surface area (Å²) in [5.41, 5.74) is -0.888. The van der Waals surface area contributed by atoms with Gasteiger partial charge in [-0.2, -0.15) is 4.31 Å². The first-order valence-electron chi connectivity index (χ1n) is 7.28. The summed E-state index contributed by atoms with van der Waals surface area (Å²) in [5.74, 6) is -0.924. The normalized spacial score (nSPS) is 28.7. The van der Waals surface area contributed by atoms with E-state index in [1.54, 1.807) is 18.2 Å². The van der Waals surface area contributed by atoms with Crippen LogP contribution in [0.3, 0.4) is 0 Å². The zero-order valence-corrected chi connectivity index (χ0v) is 14.0. The molecule has 3 rings (SSSR count). The van der Waals surface area contributed by atoms with Crippen molar-refractivity contribution in [2.45, 2.75) is 29.1 Å². The number of sulfonamides is 1. The van der Waals surface area contributed by atoms with Crippen molar-refractivity contribution in [3.8, 4) is 0 Å². The van der Waals surface area contributed by atoms with Gasteiger partial charge >= 0.3 is 5.97 Å². The summed E-state index contributed by atoms with van der Waals surface area (Å²) >= 11 is 1.39. The van der Waals surface area contributed by atoms with Gasteiger partial charge in [0.2, 0.25) is 10.0 Å². The van der Waals surface area contributed by atoms with E-state index in [1.807, 2.05) is 12.3 Å². The number of rotatable bonds is 4. The van der Waals surface area contributed by atoms with E-state index in [9.17, 15) is 18.3 Å². The topological polar surface area (TPSA) is 74.7 Å². The summed E-state index contributed by atoms with van der Waals surface area (Å²) in [6.45, 7) is 0.412. The van der Waals surface area contributed by atoms with Gasteiger partial charge in [-0.15, -0.1) is 11.8 Å². The average molecular weight is 341 g/mol. The first-order valence-corrected chi connectivity index (χ1v) is 9.95. The van der Waals surface area contributed by atoms with E-state index >= 15 is 0 Å². The molecule has 1 aliphatic heterocycles. The molecule has 0 unspecified atom stereocenters. The van der Waals surface area contributed by atoms with Crippen molar-refractivity contribution in [1.29, 1.82) is 0 Å². The standard InChI is InChI=1S/C15H19NO4S2/c1-21-12-6-2-3-7-13(12)22(19,20)16-9-11-5-4-8-15(11,10-16)14(17)18/h2-3,6-7,11H,4-5,8-10H2,1H3,(H,17,18)/t11-,15+/m0/s1. The van der Waals surface area contributed by atoms with Crippen LogP contribution in [0, 0.1) is 11.3 Å². The second kappa shape index (κ2) is 5.54. The summed E-state index contributed by atoms with van der Waals surface area (Å²) in [5, 5.41) is 9.60. The average Bonchev–Trinajstić information content (AvgIpc) is 3.05. The number of carboxylic acid groups (broad SMARTS) is 1. The van der Waals surface area contributed by atoms with Gasteiger partial charge in [-0.3, -0.25) is 4.79 Å². The Bertz CT molecular complexity index is 703. The van der Waals surface area contributed by atoms with Crippen molar-refractivity contribution in [2.24, 2.45) is 11.3 Å². The Morgan fingerprint density at radius 1 is 1.41 bits per heavy atom. The predicted octanol–water partition coefficient (Wildman–Crippen LogP) is 2.28. The van der Waals surface area contributed by atoms with E-state index < -0.39 is 21.4 Å². The second-order valence-corrected chi connectivity index (χ2v) is 8.75. The fourth-order valence-corrected chi connectivity index (χ4v) is 6.42. The maximum absolute atomic E-state index is 12.9. The van der Waals surface area contributed by atoms with Crippen LogP contribution in [0.2, 0.25) is 0 Å². The molecule has 5 nitrogen and oxygen atoms in total. The fourth-order valence-electron chi connectivity index (χ4n) is 3.75. The van der Waals surface area contributed by atoms with Gasteiger partial charge in [-0.05, 0) is 37.1 Å². The number of nitrogens with zero attached hydrogens (tertiary/aromatic N) is 1. The Morgan fingerprint density at radius 2 is 2.14 bits per heavy atom. The van der Waals surface area contributed by atoms with E-state index in [0.29, 0.717) is 17.9 Å². The highest BCUT2D eigenvalue weighted by Crippen LogP contribution is 2.50. The molecular weight excluding hydrogens is 322 g/mol. The molecule has 1 saturated carbocycles. The molecule has 0 spiro atoms. The highest BCUT2D eigenvalue weighted by Gasteiger charge is 2.57. The summed E-state index contributed by atoms with van der Waals surface area (Å²) in [7, 11) is -3.65. The minimum atomic E-state index is -3.65. The van der Waals surface area contributed by atoms with Gasteiger partial charge in [0.05, 0.1) is 10.3 Å². The number of hydrogen-bond donors (Lipinski definition) is 1. The molecule has 1 N–H and O–H groups in total. The third-order valence-corrected chi connectivity index (χ3v) is 7.75. The second-order valence-electron chi connectivity index (χ2n) is 6.00. The highest BCUT2D eigenvalue weighted by molar-refractivity contribution is 7.99. The Labute approximate surface area is 134 Å². The number of aliphatic carboxylic acids is 1. The molecule has 0 amide bonds. The maximum atomic E-state index is 12.9. The van der Waals surface area contributed by atoms with Gasteiger partial charge in [0, 0.05) is 18.0 Å². The van der Waals surface area contributed by atoms with Crippen molar-refractivity contribution in [2.75, 3.05) is 19.3 Å². The lowest BCUT2D eigenvalue weighted by Crippen LogP contribution is -2.37. The smallest absolute Gasteiger partial charge is 0.311 e. The third-order valence-electron chi connectivity index (χ3n) is 4.95. The molecule has 1 heterocycles. The Hall–Kier alpha value is -1.05. The molecule has 1 saturated heterocycles. The van der Waals surface area contributed by atoms with Crippen molar-refractivity contribution in [3.63, 3.8) is 0 Å². The number of carboxylic acids is 1. The lowest BCUT2D eigenvalue weighted by atomic mass is 9.81. The minimum Gasteiger partial charge on any atom is -0.481 e. The molecule has 120 valence electrons. The van der Waals surface area contributed by atoms with Gasteiger partial charge in [0.25, 0.3) is 0 Å². The Morgan fingerprint density at radius 3 is 2.77 bits per heavy atom. The minimum absolute atomic E-state index is 0.0683. The quantitative estimate of drug-likeness (QED) is 0.851.